The van der Waals surface area contributed by atoms with Crippen molar-refractivity contribution in [1.29, 1.82) is 0 Å². The van der Waals surface area contributed by atoms with E-state index in [4.69, 9.17) is 20.3 Å². The van der Waals surface area contributed by atoms with Gasteiger partial charge in [-0.15, -0.1) is 0 Å². The molecule has 8 N–H and O–H groups in total. The summed E-state index contributed by atoms with van der Waals surface area (Å²) in [7, 11) is -17.2. The Labute approximate surface area is 188 Å². The van der Waals surface area contributed by atoms with E-state index in [1.807, 2.05) is 11.8 Å². The van der Waals surface area contributed by atoms with Crippen LogP contribution in [0.5, 0.6) is 0 Å². The van der Waals surface area contributed by atoms with E-state index in [2.05, 4.69) is 23.2 Å². The largest absolute Gasteiger partial charge is 0.490 e. The fourth-order valence-corrected chi connectivity index (χ4v) is 5.94. The van der Waals surface area contributed by atoms with Gasteiger partial charge in [-0.2, -0.15) is 23.4 Å². The molecule has 1 saturated heterocycles. The number of ether oxygens (including phenoxy) is 1. The summed E-state index contributed by atoms with van der Waals surface area (Å²) in [6.45, 7) is -0.374. The van der Waals surface area contributed by atoms with E-state index < -0.39 is 66.0 Å². The number of nitrogen functional groups attached to an aromatic ring is 1. The average Bonchev–Trinajstić information content (AvgIpc) is 2.88. The van der Waals surface area contributed by atoms with Crippen LogP contribution in [0.1, 0.15) is 13.2 Å². The molecule has 0 aromatic carbocycles. The second kappa shape index (κ2) is 10.2. The van der Waals surface area contributed by atoms with Crippen LogP contribution in [-0.4, -0.2) is 75.1 Å². The number of hydrogen-bond acceptors (Lipinski definition) is 13. The first kappa shape index (κ1) is 28.6. The Bertz CT molecular complexity index is 1180. The minimum Gasteiger partial charge on any atom is -0.386 e. The third kappa shape index (κ3) is 6.97. The van der Waals surface area contributed by atoms with E-state index in [1.54, 1.807) is 0 Å². The number of nitrogens with two attached hydrogens (primary N) is 1. The summed E-state index contributed by atoms with van der Waals surface area (Å²) in [5.74, 6) is 3.45. The van der Waals surface area contributed by atoms with Gasteiger partial charge in [-0.05, 0) is 6.92 Å². The van der Waals surface area contributed by atoms with Crippen LogP contribution in [0.25, 0.3) is 0 Å². The number of hydrogen-bond donors (Lipinski definition) is 7. The van der Waals surface area contributed by atoms with Gasteiger partial charge in [-0.3, -0.25) is 4.52 Å². The van der Waals surface area contributed by atoms with E-state index in [1.165, 1.54) is 0 Å². The normalized spacial score (nSPS) is 29.5. The molecule has 192 valence electrons. The van der Waals surface area contributed by atoms with E-state index in [9.17, 15) is 42.9 Å². The number of phosphoric ester groups is 1. The lowest BCUT2D eigenvalue weighted by atomic mass is 9.93. The van der Waals surface area contributed by atoms with Crippen molar-refractivity contribution in [3.8, 4) is 11.8 Å². The highest BCUT2D eigenvalue weighted by atomic mass is 31.3. The van der Waals surface area contributed by atoms with Gasteiger partial charge in [-0.25, -0.2) is 22.9 Å². The Morgan fingerprint density at radius 3 is 2.44 bits per heavy atom. The van der Waals surface area contributed by atoms with Gasteiger partial charge in [0.05, 0.1) is 12.3 Å². The zero-order valence-corrected chi connectivity index (χ0v) is 19.4. The number of aliphatic hydroxyl groups is 2. The van der Waals surface area contributed by atoms with Crippen molar-refractivity contribution >= 4 is 29.3 Å². The summed E-state index contributed by atoms with van der Waals surface area (Å²) in [4.78, 5) is 51.4. The van der Waals surface area contributed by atoms with Crippen LogP contribution in [0.3, 0.4) is 0 Å². The standard InChI is InChI=1S/C12H18FN4O14P3/c1-6(29-33(24,25)31-34(26,27)30-32(21,22)23)8-9(18)12(20,3-2-4-13)10(28-8)17-11(19)16-7(14)5-15-17/h5-6,8-10,18,20H,4H2,1H3,(H,24,25)(H,26,27)(H2,14,16,19)(H2,21,22,23)/t6-,8+,9-,10+,12?/m0/s1. The number of anilines is 1. The van der Waals surface area contributed by atoms with Crippen LogP contribution in [0.2, 0.25) is 0 Å². The smallest absolute Gasteiger partial charge is 0.386 e. The molecule has 0 radical (unpaired) electrons. The maximum atomic E-state index is 12.6. The van der Waals surface area contributed by atoms with Gasteiger partial charge in [0.25, 0.3) is 0 Å². The number of alkyl halides is 1. The molecular formula is C12H18FN4O14P3. The lowest BCUT2D eigenvalue weighted by molar-refractivity contribution is -0.0932. The highest BCUT2D eigenvalue weighted by Crippen LogP contribution is 2.66. The predicted molar refractivity (Wildman–Crippen MR) is 104 cm³/mol. The molecule has 18 nitrogen and oxygen atoms in total. The lowest BCUT2D eigenvalue weighted by Gasteiger charge is -2.26. The van der Waals surface area contributed by atoms with Crippen molar-refractivity contribution < 1.29 is 65.8 Å². The van der Waals surface area contributed by atoms with Crippen LogP contribution in [0.4, 0.5) is 10.2 Å². The topological polar surface area (TPSA) is 283 Å². The highest BCUT2D eigenvalue weighted by molar-refractivity contribution is 7.66. The molecule has 2 rings (SSSR count). The molecule has 0 spiro atoms. The molecule has 1 fully saturated rings. The van der Waals surface area contributed by atoms with Gasteiger partial charge in [0.1, 0.15) is 24.7 Å². The van der Waals surface area contributed by atoms with Gasteiger partial charge in [0.15, 0.2) is 6.23 Å². The van der Waals surface area contributed by atoms with Crippen LogP contribution >= 0.6 is 23.5 Å². The summed E-state index contributed by atoms with van der Waals surface area (Å²) >= 11 is 0. The van der Waals surface area contributed by atoms with Crippen molar-refractivity contribution in [1.82, 2.24) is 14.8 Å². The average molecular weight is 554 g/mol. The Balaban J connectivity index is 2.34. The monoisotopic (exact) mass is 554 g/mol. The molecular weight excluding hydrogens is 536 g/mol. The van der Waals surface area contributed by atoms with Gasteiger partial charge in [-0.1, -0.05) is 11.8 Å². The van der Waals surface area contributed by atoms with Gasteiger partial charge >= 0.3 is 29.2 Å². The summed E-state index contributed by atoms with van der Waals surface area (Å²) in [6.07, 6.45) is -7.01. The Kier molecular flexibility index (Phi) is 8.56. The molecule has 2 heterocycles. The maximum absolute atomic E-state index is 12.6. The van der Waals surface area contributed by atoms with Crippen molar-refractivity contribution in [3.05, 3.63) is 16.7 Å². The molecule has 1 aliphatic heterocycles. The Morgan fingerprint density at radius 1 is 1.29 bits per heavy atom. The van der Waals surface area contributed by atoms with Crippen LogP contribution in [0.15, 0.2) is 11.0 Å². The molecule has 3 unspecified atom stereocenters. The van der Waals surface area contributed by atoms with Gasteiger partial charge in [0, 0.05) is 0 Å². The Morgan fingerprint density at radius 2 is 1.91 bits per heavy atom. The predicted octanol–water partition coefficient (Wildman–Crippen LogP) is -2.09. The van der Waals surface area contributed by atoms with E-state index in [0.717, 1.165) is 13.1 Å². The first-order valence-corrected chi connectivity index (χ1v) is 13.1. The number of aliphatic hydroxyl groups excluding tert-OH is 1. The number of rotatable bonds is 8. The summed E-state index contributed by atoms with van der Waals surface area (Å²) in [5.41, 5.74) is 1.36. The summed E-state index contributed by atoms with van der Waals surface area (Å²) in [5, 5.41) is 25.0. The SMILES string of the molecule is C[C@H](OP(=O)(O)OP(=O)(O)OP(=O)(O)O)[C@H]1O[C@@H](n2ncc(N)nc2=O)C(O)(C#CCF)[C@H]1O. The van der Waals surface area contributed by atoms with Crippen LogP contribution in [-0.2, 0) is 31.6 Å². The molecule has 7 atom stereocenters. The summed E-state index contributed by atoms with van der Waals surface area (Å²) < 4.78 is 64.2. The molecule has 22 heteroatoms. The minimum atomic E-state index is -5.84. The maximum Gasteiger partial charge on any atom is 0.490 e. The van der Waals surface area contributed by atoms with E-state index in [0.29, 0.717) is 4.68 Å². The minimum absolute atomic E-state index is 0.323. The fourth-order valence-electron chi connectivity index (χ4n) is 2.74. The zero-order chi connectivity index (χ0) is 26.1. The van der Waals surface area contributed by atoms with Gasteiger partial charge in [0.2, 0.25) is 5.60 Å². The molecule has 1 aromatic rings. The highest BCUT2D eigenvalue weighted by Gasteiger charge is 2.59. The number of nitrogens with zero attached hydrogens (tertiary/aromatic N) is 3. The number of aromatic nitrogens is 3. The fraction of sp³-hybridized carbons (Fsp3) is 0.583. The Hall–Kier alpha value is -1.61. The van der Waals surface area contributed by atoms with E-state index in [-0.39, 0.29) is 5.82 Å². The first-order valence-electron chi connectivity index (χ1n) is 8.56. The van der Waals surface area contributed by atoms with Crippen molar-refractivity contribution in [2.75, 3.05) is 12.4 Å². The molecule has 0 amide bonds. The second-order valence-electron chi connectivity index (χ2n) is 6.47. The zero-order valence-electron chi connectivity index (χ0n) is 16.7. The molecule has 0 bridgehead atoms. The number of halogens is 1. The van der Waals surface area contributed by atoms with Crippen molar-refractivity contribution in [2.45, 2.75) is 37.1 Å². The molecule has 1 aliphatic rings. The van der Waals surface area contributed by atoms with Crippen LogP contribution in [0, 0.1) is 11.8 Å². The second-order valence-corrected chi connectivity index (χ2v) is 10.8. The molecule has 0 saturated carbocycles. The third-order valence-corrected chi connectivity index (χ3v) is 7.84. The van der Waals surface area contributed by atoms with Gasteiger partial charge < -0.3 is 40.3 Å². The van der Waals surface area contributed by atoms with E-state index >= 15 is 0 Å². The molecule has 0 aliphatic carbocycles. The lowest BCUT2D eigenvalue weighted by Crippen LogP contribution is -2.49. The van der Waals surface area contributed by atoms with Crippen molar-refractivity contribution in [3.63, 3.8) is 0 Å². The van der Waals surface area contributed by atoms with Crippen molar-refractivity contribution in [2.24, 2.45) is 0 Å². The molecule has 1 aromatic heterocycles. The number of phosphoric acid groups is 3. The third-order valence-electron chi connectivity index (χ3n) is 3.92. The summed E-state index contributed by atoms with van der Waals surface area (Å²) in [6, 6.07) is 0. The molecule has 34 heavy (non-hydrogen) atoms. The first-order chi connectivity index (χ1) is 15.4. The van der Waals surface area contributed by atoms with Crippen LogP contribution < -0.4 is 11.4 Å². The quantitative estimate of drug-likeness (QED) is 0.134.